The number of carbonyl (C=O) groups excluding carboxylic acids is 1. The summed E-state index contributed by atoms with van der Waals surface area (Å²) in [6, 6.07) is 5.70. The number of para-hydroxylation sites is 1. The van der Waals surface area contributed by atoms with Crippen molar-refractivity contribution in [2.45, 2.75) is 26.0 Å². The highest BCUT2D eigenvalue weighted by Gasteiger charge is 2.26. The van der Waals surface area contributed by atoms with Gasteiger partial charge in [0, 0.05) is 0 Å². The molecule has 0 bridgehead atoms. The first-order chi connectivity index (χ1) is 8.74. The van der Waals surface area contributed by atoms with Gasteiger partial charge in [0.15, 0.2) is 0 Å². The number of carbonyl (C=O) groups is 1. The highest BCUT2D eigenvalue weighted by atomic mass is 32.1. The van der Waals surface area contributed by atoms with Crippen LogP contribution in [-0.4, -0.2) is 23.0 Å². The fraction of sp³-hybridized carbons (Fsp3) is 0.333. The number of alkyl halides is 2. The molecule has 0 spiro atoms. The van der Waals surface area contributed by atoms with Crippen molar-refractivity contribution in [2.75, 3.05) is 0 Å². The number of amides is 1. The van der Waals surface area contributed by atoms with Crippen molar-refractivity contribution in [2.24, 2.45) is 5.73 Å². The van der Waals surface area contributed by atoms with Crippen molar-refractivity contribution in [3.05, 3.63) is 29.8 Å². The van der Waals surface area contributed by atoms with Crippen LogP contribution in [-0.2, 0) is 0 Å². The standard InChI is InChI=1S/C12H14F2N2O2S/c1-12(2,10(15)19)16-9(17)7-5-3-4-6-8(7)18-11(13)14/h3-6,11H,1-2H3,(H2,15,19)(H,16,17). The number of nitrogens with one attached hydrogen (secondary N) is 1. The van der Waals surface area contributed by atoms with E-state index in [1.807, 2.05) is 0 Å². The van der Waals surface area contributed by atoms with E-state index >= 15 is 0 Å². The van der Waals surface area contributed by atoms with Gasteiger partial charge in [0.2, 0.25) is 0 Å². The number of nitrogens with two attached hydrogens (primary N) is 1. The van der Waals surface area contributed by atoms with E-state index in [-0.39, 0.29) is 16.3 Å². The van der Waals surface area contributed by atoms with Gasteiger partial charge in [-0.25, -0.2) is 0 Å². The first kappa shape index (κ1) is 15.3. The molecule has 0 atom stereocenters. The number of hydrogen-bond acceptors (Lipinski definition) is 3. The maximum absolute atomic E-state index is 12.2. The topological polar surface area (TPSA) is 64.3 Å². The van der Waals surface area contributed by atoms with Crippen molar-refractivity contribution >= 4 is 23.1 Å². The van der Waals surface area contributed by atoms with Crippen LogP contribution in [0.1, 0.15) is 24.2 Å². The van der Waals surface area contributed by atoms with E-state index < -0.39 is 18.1 Å². The van der Waals surface area contributed by atoms with Crippen molar-refractivity contribution in [3.8, 4) is 5.75 Å². The molecule has 0 unspecified atom stereocenters. The zero-order valence-electron chi connectivity index (χ0n) is 10.4. The van der Waals surface area contributed by atoms with Crippen LogP contribution in [0.5, 0.6) is 5.75 Å². The normalized spacial score (nSPS) is 11.2. The van der Waals surface area contributed by atoms with Gasteiger partial charge in [-0.1, -0.05) is 24.4 Å². The number of hydrogen-bond donors (Lipinski definition) is 2. The average molecular weight is 288 g/mol. The van der Waals surface area contributed by atoms with E-state index in [0.717, 1.165) is 0 Å². The van der Waals surface area contributed by atoms with Crippen LogP contribution in [0.4, 0.5) is 8.78 Å². The van der Waals surface area contributed by atoms with E-state index in [1.165, 1.54) is 18.2 Å². The molecule has 0 aromatic heterocycles. The molecule has 0 aliphatic rings. The monoisotopic (exact) mass is 288 g/mol. The second-order valence-electron chi connectivity index (χ2n) is 4.32. The predicted molar refractivity (Wildman–Crippen MR) is 71.4 cm³/mol. The maximum Gasteiger partial charge on any atom is 0.387 e. The second-order valence-corrected chi connectivity index (χ2v) is 4.76. The molecule has 1 aromatic carbocycles. The lowest BCUT2D eigenvalue weighted by Gasteiger charge is -2.25. The minimum atomic E-state index is -3.00. The Morgan fingerprint density at radius 1 is 1.42 bits per heavy atom. The molecule has 3 N–H and O–H groups in total. The van der Waals surface area contributed by atoms with Gasteiger partial charge in [-0.15, -0.1) is 0 Å². The predicted octanol–water partition coefficient (Wildman–Crippen LogP) is 2.08. The van der Waals surface area contributed by atoms with Gasteiger partial charge in [-0.2, -0.15) is 8.78 Å². The number of rotatable bonds is 5. The molecule has 0 aliphatic carbocycles. The van der Waals surface area contributed by atoms with Crippen molar-refractivity contribution in [1.82, 2.24) is 5.32 Å². The molecule has 1 rings (SSSR count). The van der Waals surface area contributed by atoms with Crippen LogP contribution < -0.4 is 15.8 Å². The van der Waals surface area contributed by atoms with E-state index in [2.05, 4.69) is 10.1 Å². The molecule has 4 nitrogen and oxygen atoms in total. The lowest BCUT2D eigenvalue weighted by atomic mass is 10.0. The molecule has 0 heterocycles. The van der Waals surface area contributed by atoms with Gasteiger partial charge >= 0.3 is 6.61 Å². The zero-order valence-corrected chi connectivity index (χ0v) is 11.3. The molecule has 7 heteroatoms. The Labute approximate surface area is 114 Å². The third-order valence-electron chi connectivity index (χ3n) is 2.39. The Balaban J connectivity index is 2.97. The largest absolute Gasteiger partial charge is 0.434 e. The van der Waals surface area contributed by atoms with E-state index in [0.29, 0.717) is 0 Å². The van der Waals surface area contributed by atoms with E-state index in [9.17, 15) is 13.6 Å². The highest BCUT2D eigenvalue weighted by Crippen LogP contribution is 2.20. The smallest absolute Gasteiger partial charge is 0.387 e. The minimum absolute atomic E-state index is 0.00729. The molecule has 0 radical (unpaired) electrons. The Kier molecular flexibility index (Phi) is 4.77. The van der Waals surface area contributed by atoms with Crippen molar-refractivity contribution < 1.29 is 18.3 Å². The summed E-state index contributed by atoms with van der Waals surface area (Å²) in [6.07, 6.45) is 0. The second kappa shape index (κ2) is 5.92. The summed E-state index contributed by atoms with van der Waals surface area (Å²) in [4.78, 5) is 12.1. The summed E-state index contributed by atoms with van der Waals surface area (Å²) in [5.41, 5.74) is 4.55. The van der Waals surface area contributed by atoms with Crippen LogP contribution >= 0.6 is 12.2 Å². The van der Waals surface area contributed by atoms with E-state index in [1.54, 1.807) is 19.9 Å². The summed E-state index contributed by atoms with van der Waals surface area (Å²) >= 11 is 4.81. The lowest BCUT2D eigenvalue weighted by Crippen LogP contribution is -2.52. The van der Waals surface area contributed by atoms with Crippen LogP contribution in [0.2, 0.25) is 0 Å². The number of halogens is 2. The molecule has 1 amide bonds. The van der Waals surface area contributed by atoms with Gasteiger partial charge in [0.1, 0.15) is 5.75 Å². The van der Waals surface area contributed by atoms with Crippen molar-refractivity contribution in [1.29, 1.82) is 0 Å². The fourth-order valence-electron chi connectivity index (χ4n) is 1.27. The van der Waals surface area contributed by atoms with Crippen LogP contribution in [0.25, 0.3) is 0 Å². The van der Waals surface area contributed by atoms with Crippen LogP contribution in [0.3, 0.4) is 0 Å². The summed E-state index contributed by atoms with van der Waals surface area (Å²) in [6.45, 7) is 0.228. The minimum Gasteiger partial charge on any atom is -0.434 e. The van der Waals surface area contributed by atoms with Gasteiger partial charge in [0.05, 0.1) is 16.1 Å². The molecule has 0 fully saturated rings. The van der Waals surface area contributed by atoms with Gasteiger partial charge in [-0.3, -0.25) is 4.79 Å². The first-order valence-electron chi connectivity index (χ1n) is 5.40. The lowest BCUT2D eigenvalue weighted by molar-refractivity contribution is -0.0501. The van der Waals surface area contributed by atoms with Crippen molar-refractivity contribution in [3.63, 3.8) is 0 Å². The summed E-state index contributed by atoms with van der Waals surface area (Å²) in [7, 11) is 0. The van der Waals surface area contributed by atoms with E-state index in [4.69, 9.17) is 18.0 Å². The number of benzene rings is 1. The van der Waals surface area contributed by atoms with Gasteiger partial charge in [0.25, 0.3) is 5.91 Å². The quantitative estimate of drug-likeness (QED) is 0.814. The molecule has 0 aliphatic heterocycles. The van der Waals surface area contributed by atoms with Gasteiger partial charge < -0.3 is 15.8 Å². The molecule has 19 heavy (non-hydrogen) atoms. The molecule has 104 valence electrons. The third-order valence-corrected chi connectivity index (χ3v) is 2.90. The summed E-state index contributed by atoms with van der Waals surface area (Å²) in [5.74, 6) is -0.789. The molecular weight excluding hydrogens is 274 g/mol. The Morgan fingerprint density at radius 3 is 2.53 bits per heavy atom. The molecule has 1 aromatic rings. The van der Waals surface area contributed by atoms with Crippen LogP contribution in [0.15, 0.2) is 24.3 Å². The average Bonchev–Trinajstić information content (AvgIpc) is 2.27. The summed E-state index contributed by atoms with van der Waals surface area (Å²) in [5, 5.41) is 2.56. The Morgan fingerprint density at radius 2 is 2.00 bits per heavy atom. The van der Waals surface area contributed by atoms with Gasteiger partial charge in [-0.05, 0) is 26.0 Å². The Bertz CT molecular complexity index is 492. The fourth-order valence-corrected chi connectivity index (χ4v) is 1.32. The maximum atomic E-state index is 12.2. The Hall–Kier alpha value is -1.76. The zero-order chi connectivity index (χ0) is 14.6. The van der Waals surface area contributed by atoms with Crippen LogP contribution in [0, 0.1) is 0 Å². The SMILES string of the molecule is CC(C)(NC(=O)c1ccccc1OC(F)F)C(N)=S. The number of thiocarbonyl (C=S) groups is 1. The number of ether oxygens (including phenoxy) is 1. The molecular formula is C12H14F2N2O2S. The first-order valence-corrected chi connectivity index (χ1v) is 5.81. The molecule has 0 saturated carbocycles. The third kappa shape index (κ3) is 4.13. The summed E-state index contributed by atoms with van der Waals surface area (Å²) < 4.78 is 28.8. The highest BCUT2D eigenvalue weighted by molar-refractivity contribution is 7.80. The molecule has 0 saturated heterocycles.